The van der Waals surface area contributed by atoms with E-state index >= 15 is 0 Å². The molecule has 0 spiro atoms. The molecular formula is C19H31NO3. The summed E-state index contributed by atoms with van der Waals surface area (Å²) in [5.41, 5.74) is 0. The average Bonchev–Trinajstić information content (AvgIpc) is 3.14. The molecule has 0 saturated heterocycles. The summed E-state index contributed by atoms with van der Waals surface area (Å²) < 4.78 is 0. The Kier molecular flexibility index (Phi) is 6.67. The number of hydrogen-bond acceptors (Lipinski definition) is 2. The Morgan fingerprint density at radius 2 is 1.48 bits per heavy atom. The quantitative estimate of drug-likeness (QED) is 0.493. The number of fused-ring (bicyclic) bond motifs is 2. The Bertz CT molecular complexity index is 436. The first-order chi connectivity index (χ1) is 11.1. The molecule has 2 rings (SSSR count). The highest BCUT2D eigenvalue weighted by Crippen LogP contribution is 2.48. The minimum atomic E-state index is -0.803. The fourth-order valence-corrected chi connectivity index (χ4v) is 4.14. The minimum Gasteiger partial charge on any atom is -0.481 e. The molecule has 1 saturated carbocycles. The molecule has 1 amide bonds. The number of carboxylic acids is 1. The Balaban J connectivity index is 2.05. The van der Waals surface area contributed by atoms with Gasteiger partial charge in [-0.05, 0) is 31.1 Å². The highest BCUT2D eigenvalue weighted by molar-refractivity contribution is 5.87. The SMILES string of the molecule is CCCCCN(CCCCC)C(=O)[C@@H]1[C@@H](C(=O)O)[C@H]2C=C[C@H]1C2. The molecule has 4 atom stereocenters. The molecule has 0 heterocycles. The van der Waals surface area contributed by atoms with Crippen LogP contribution < -0.4 is 0 Å². The van der Waals surface area contributed by atoms with Crippen LogP contribution in [0, 0.1) is 23.7 Å². The average molecular weight is 321 g/mol. The topological polar surface area (TPSA) is 57.6 Å². The van der Waals surface area contributed by atoms with Crippen molar-refractivity contribution in [3.63, 3.8) is 0 Å². The van der Waals surface area contributed by atoms with Crippen molar-refractivity contribution in [2.75, 3.05) is 13.1 Å². The molecule has 2 aliphatic carbocycles. The van der Waals surface area contributed by atoms with Crippen molar-refractivity contribution >= 4 is 11.9 Å². The number of nitrogens with zero attached hydrogens (tertiary/aromatic N) is 1. The molecule has 0 aromatic carbocycles. The molecule has 4 nitrogen and oxygen atoms in total. The zero-order chi connectivity index (χ0) is 16.8. The molecule has 0 unspecified atom stereocenters. The highest BCUT2D eigenvalue weighted by Gasteiger charge is 2.52. The van der Waals surface area contributed by atoms with Crippen molar-refractivity contribution in [1.29, 1.82) is 0 Å². The highest BCUT2D eigenvalue weighted by atomic mass is 16.4. The molecule has 0 aromatic heterocycles. The van der Waals surface area contributed by atoms with Crippen molar-refractivity contribution in [3.8, 4) is 0 Å². The summed E-state index contributed by atoms with van der Waals surface area (Å²) >= 11 is 0. The predicted molar refractivity (Wildman–Crippen MR) is 91.0 cm³/mol. The van der Waals surface area contributed by atoms with Gasteiger partial charge in [0, 0.05) is 13.1 Å². The molecule has 1 N–H and O–H groups in total. The van der Waals surface area contributed by atoms with Gasteiger partial charge in [0.15, 0.2) is 0 Å². The first kappa shape index (κ1) is 18.0. The van der Waals surface area contributed by atoms with E-state index in [4.69, 9.17) is 0 Å². The van der Waals surface area contributed by atoms with Crippen LogP contribution in [0.25, 0.3) is 0 Å². The van der Waals surface area contributed by atoms with Gasteiger partial charge in [0.25, 0.3) is 0 Å². The molecule has 0 radical (unpaired) electrons. The van der Waals surface area contributed by atoms with Gasteiger partial charge < -0.3 is 10.0 Å². The number of carbonyl (C=O) groups excluding carboxylic acids is 1. The second-order valence-corrected chi connectivity index (χ2v) is 7.08. The molecular weight excluding hydrogens is 290 g/mol. The van der Waals surface area contributed by atoms with E-state index in [1.54, 1.807) is 0 Å². The zero-order valence-corrected chi connectivity index (χ0v) is 14.5. The van der Waals surface area contributed by atoms with E-state index in [9.17, 15) is 14.7 Å². The summed E-state index contributed by atoms with van der Waals surface area (Å²) in [6.45, 7) is 5.87. The summed E-state index contributed by atoms with van der Waals surface area (Å²) in [5, 5.41) is 9.56. The number of rotatable bonds is 10. The second kappa shape index (κ2) is 8.51. The summed E-state index contributed by atoms with van der Waals surface area (Å²) in [6.07, 6.45) is 11.5. The predicted octanol–water partition coefficient (Wildman–Crippen LogP) is 3.72. The van der Waals surface area contributed by atoms with Crippen molar-refractivity contribution in [1.82, 2.24) is 4.90 Å². The van der Waals surface area contributed by atoms with E-state index in [2.05, 4.69) is 19.9 Å². The number of hydrogen-bond donors (Lipinski definition) is 1. The van der Waals surface area contributed by atoms with Crippen molar-refractivity contribution in [2.45, 2.75) is 58.8 Å². The Hall–Kier alpha value is -1.32. The lowest BCUT2D eigenvalue weighted by Crippen LogP contribution is -2.43. The monoisotopic (exact) mass is 321 g/mol. The van der Waals surface area contributed by atoms with Crippen molar-refractivity contribution in [3.05, 3.63) is 12.2 Å². The third kappa shape index (κ3) is 4.15. The lowest BCUT2D eigenvalue weighted by atomic mass is 9.82. The van der Waals surface area contributed by atoms with Crippen LogP contribution >= 0.6 is 0 Å². The van der Waals surface area contributed by atoms with Crippen molar-refractivity contribution in [2.24, 2.45) is 23.7 Å². The molecule has 2 bridgehead atoms. The van der Waals surface area contributed by atoms with Gasteiger partial charge in [0.05, 0.1) is 11.8 Å². The van der Waals surface area contributed by atoms with Crippen LogP contribution in [0.3, 0.4) is 0 Å². The Morgan fingerprint density at radius 1 is 0.957 bits per heavy atom. The van der Waals surface area contributed by atoms with Gasteiger partial charge in [0.1, 0.15) is 0 Å². The van der Waals surface area contributed by atoms with Gasteiger partial charge in [-0.25, -0.2) is 0 Å². The van der Waals surface area contributed by atoms with Crippen LogP contribution in [0.2, 0.25) is 0 Å². The lowest BCUT2D eigenvalue weighted by Gasteiger charge is -2.31. The third-order valence-electron chi connectivity index (χ3n) is 5.40. The maximum atomic E-state index is 13.1. The third-order valence-corrected chi connectivity index (χ3v) is 5.40. The minimum absolute atomic E-state index is 0.0552. The molecule has 130 valence electrons. The number of carboxylic acid groups (broad SMARTS) is 1. The lowest BCUT2D eigenvalue weighted by molar-refractivity contribution is -0.151. The Morgan fingerprint density at radius 3 is 1.96 bits per heavy atom. The molecule has 23 heavy (non-hydrogen) atoms. The van der Waals surface area contributed by atoms with Gasteiger partial charge in [0.2, 0.25) is 5.91 Å². The van der Waals surface area contributed by atoms with Crippen LogP contribution in [-0.4, -0.2) is 35.0 Å². The summed E-state index contributed by atoms with van der Waals surface area (Å²) in [4.78, 5) is 26.7. The largest absolute Gasteiger partial charge is 0.481 e. The maximum absolute atomic E-state index is 13.1. The van der Waals surface area contributed by atoms with Crippen LogP contribution in [0.5, 0.6) is 0 Å². The van der Waals surface area contributed by atoms with E-state index in [1.165, 1.54) is 0 Å². The number of amides is 1. The van der Waals surface area contributed by atoms with E-state index < -0.39 is 11.9 Å². The number of aliphatic carboxylic acids is 1. The van der Waals surface area contributed by atoms with E-state index in [1.807, 2.05) is 11.0 Å². The summed E-state index contributed by atoms with van der Waals surface area (Å²) in [6, 6.07) is 0. The molecule has 4 heteroatoms. The first-order valence-electron chi connectivity index (χ1n) is 9.30. The molecule has 1 fully saturated rings. The normalized spacial score (nSPS) is 28.3. The number of allylic oxidation sites excluding steroid dienone is 2. The standard InChI is InChI=1S/C19H31NO3/c1-3-5-7-11-20(12-8-6-4-2)18(21)16-14-9-10-15(13-14)17(16)19(22)23/h9-10,14-17H,3-8,11-13H2,1-2H3,(H,22,23)/t14-,15-,16-,17-/m0/s1. The summed E-state index contributed by atoms with van der Waals surface area (Å²) in [5.74, 6) is -1.39. The first-order valence-corrected chi connectivity index (χ1v) is 9.30. The van der Waals surface area contributed by atoms with E-state index in [0.717, 1.165) is 58.0 Å². The number of unbranched alkanes of at least 4 members (excludes halogenated alkanes) is 4. The van der Waals surface area contributed by atoms with Crippen LogP contribution in [-0.2, 0) is 9.59 Å². The number of carbonyl (C=O) groups is 2. The van der Waals surface area contributed by atoms with Gasteiger partial charge >= 0.3 is 5.97 Å². The Labute approximate surface area is 139 Å². The van der Waals surface area contributed by atoms with Gasteiger partial charge in [-0.1, -0.05) is 51.7 Å². The van der Waals surface area contributed by atoms with Gasteiger partial charge in [-0.3, -0.25) is 9.59 Å². The zero-order valence-electron chi connectivity index (χ0n) is 14.5. The molecule has 0 aliphatic heterocycles. The van der Waals surface area contributed by atoms with Crippen LogP contribution in [0.15, 0.2) is 12.2 Å². The van der Waals surface area contributed by atoms with Gasteiger partial charge in [-0.15, -0.1) is 0 Å². The maximum Gasteiger partial charge on any atom is 0.307 e. The second-order valence-electron chi connectivity index (χ2n) is 7.08. The van der Waals surface area contributed by atoms with Crippen LogP contribution in [0.1, 0.15) is 58.8 Å². The molecule has 0 aromatic rings. The molecule has 2 aliphatic rings. The summed E-state index contributed by atoms with van der Waals surface area (Å²) in [7, 11) is 0. The van der Waals surface area contributed by atoms with Crippen molar-refractivity contribution < 1.29 is 14.7 Å². The fourth-order valence-electron chi connectivity index (χ4n) is 4.14. The van der Waals surface area contributed by atoms with E-state index in [0.29, 0.717) is 0 Å². The smallest absolute Gasteiger partial charge is 0.307 e. The fraction of sp³-hybridized carbons (Fsp3) is 0.789. The van der Waals surface area contributed by atoms with Gasteiger partial charge in [-0.2, -0.15) is 0 Å². The van der Waals surface area contributed by atoms with E-state index in [-0.39, 0.29) is 23.7 Å². The van der Waals surface area contributed by atoms with Crippen LogP contribution in [0.4, 0.5) is 0 Å².